The van der Waals surface area contributed by atoms with E-state index in [1.165, 1.54) is 0 Å². The summed E-state index contributed by atoms with van der Waals surface area (Å²) in [4.78, 5) is 8.89. The molecule has 0 spiro atoms. The zero-order chi connectivity index (χ0) is 15.6. The average Bonchev–Trinajstić information content (AvgIpc) is 3.01. The fourth-order valence-corrected chi connectivity index (χ4v) is 2.99. The quantitative estimate of drug-likeness (QED) is 0.771. The second-order valence-corrected chi connectivity index (χ2v) is 5.98. The van der Waals surface area contributed by atoms with E-state index in [9.17, 15) is 0 Å². The molecule has 0 unspecified atom stereocenters. The van der Waals surface area contributed by atoms with Crippen LogP contribution in [0.1, 0.15) is 12.8 Å². The molecule has 0 amide bonds. The third-order valence-electron chi connectivity index (χ3n) is 4.00. The largest absolute Gasteiger partial charge is 0.381 e. The summed E-state index contributed by atoms with van der Waals surface area (Å²) in [6.45, 7) is 1.56. The number of nitrogens with zero attached hydrogens (tertiary/aromatic N) is 3. The summed E-state index contributed by atoms with van der Waals surface area (Å²) in [7, 11) is 0. The summed E-state index contributed by atoms with van der Waals surface area (Å²) in [5.74, 6) is 0.819. The van der Waals surface area contributed by atoms with Crippen LogP contribution in [0.5, 0.6) is 0 Å². The number of pyridine rings is 2. The van der Waals surface area contributed by atoms with Crippen LogP contribution in [0.3, 0.4) is 0 Å². The lowest BCUT2D eigenvalue weighted by atomic mass is 10.1. The maximum atomic E-state index is 6.09. The fourth-order valence-electron chi connectivity index (χ4n) is 2.83. The Morgan fingerprint density at radius 3 is 2.83 bits per heavy atom. The van der Waals surface area contributed by atoms with Crippen LogP contribution < -0.4 is 5.32 Å². The van der Waals surface area contributed by atoms with Gasteiger partial charge in [0.1, 0.15) is 11.5 Å². The molecule has 2 N–H and O–H groups in total. The van der Waals surface area contributed by atoms with Crippen molar-refractivity contribution in [1.29, 1.82) is 0 Å². The van der Waals surface area contributed by atoms with Crippen molar-refractivity contribution in [1.82, 2.24) is 20.2 Å². The number of H-pyrrole nitrogens is 1. The van der Waals surface area contributed by atoms with Crippen LogP contribution in [-0.2, 0) is 4.74 Å². The molecule has 0 aliphatic carbocycles. The zero-order valence-electron chi connectivity index (χ0n) is 12.4. The molecule has 0 atom stereocenters. The van der Waals surface area contributed by atoms with Gasteiger partial charge in [-0.05, 0) is 31.0 Å². The van der Waals surface area contributed by atoms with Gasteiger partial charge in [0.2, 0.25) is 0 Å². The van der Waals surface area contributed by atoms with E-state index in [-0.39, 0.29) is 0 Å². The molecule has 4 heterocycles. The first-order valence-corrected chi connectivity index (χ1v) is 7.98. The molecule has 6 nitrogen and oxygen atoms in total. The van der Waals surface area contributed by atoms with Gasteiger partial charge >= 0.3 is 0 Å². The second kappa shape index (κ2) is 6.14. The zero-order valence-corrected chi connectivity index (χ0v) is 13.2. The minimum Gasteiger partial charge on any atom is -0.381 e. The van der Waals surface area contributed by atoms with E-state index in [2.05, 4.69) is 25.5 Å². The van der Waals surface area contributed by atoms with Gasteiger partial charge in [0, 0.05) is 36.7 Å². The summed E-state index contributed by atoms with van der Waals surface area (Å²) >= 11 is 6.09. The lowest BCUT2D eigenvalue weighted by Crippen LogP contribution is -2.28. The lowest BCUT2D eigenvalue weighted by molar-refractivity contribution is 0.0904. The van der Waals surface area contributed by atoms with E-state index in [4.69, 9.17) is 16.3 Å². The van der Waals surface area contributed by atoms with E-state index in [0.29, 0.717) is 11.1 Å². The summed E-state index contributed by atoms with van der Waals surface area (Å²) in [6, 6.07) is 5.82. The Kier molecular flexibility index (Phi) is 3.85. The highest BCUT2D eigenvalue weighted by atomic mass is 35.5. The van der Waals surface area contributed by atoms with Gasteiger partial charge in [-0.15, -0.1) is 0 Å². The van der Waals surface area contributed by atoms with Crippen molar-refractivity contribution >= 4 is 28.3 Å². The number of halogens is 1. The van der Waals surface area contributed by atoms with Crippen molar-refractivity contribution < 1.29 is 4.74 Å². The first kappa shape index (κ1) is 14.4. The van der Waals surface area contributed by atoms with Gasteiger partial charge in [-0.1, -0.05) is 11.6 Å². The van der Waals surface area contributed by atoms with E-state index >= 15 is 0 Å². The average molecular weight is 330 g/mol. The number of anilines is 1. The van der Waals surface area contributed by atoms with Crippen molar-refractivity contribution in [3.63, 3.8) is 0 Å². The van der Waals surface area contributed by atoms with Crippen LogP contribution in [-0.4, -0.2) is 39.4 Å². The molecule has 1 aliphatic rings. The highest BCUT2D eigenvalue weighted by Crippen LogP contribution is 2.31. The summed E-state index contributed by atoms with van der Waals surface area (Å²) < 4.78 is 5.41. The SMILES string of the molecule is Clc1ccnc(-c2n[nH]c3ccnc(NC4CCOCC4)c23)c1. The Bertz CT molecular complexity index is 828. The molecule has 4 rings (SSSR count). The number of hydrogen-bond acceptors (Lipinski definition) is 5. The Balaban J connectivity index is 1.77. The molecule has 1 aliphatic heterocycles. The Hall–Kier alpha value is -2.18. The number of hydrogen-bond donors (Lipinski definition) is 2. The molecular formula is C16H16ClN5O. The first-order valence-electron chi connectivity index (χ1n) is 7.60. The number of fused-ring (bicyclic) bond motifs is 1. The van der Waals surface area contributed by atoms with Crippen LogP contribution >= 0.6 is 11.6 Å². The third kappa shape index (κ3) is 2.87. The maximum absolute atomic E-state index is 6.09. The van der Waals surface area contributed by atoms with Crippen molar-refractivity contribution in [2.24, 2.45) is 0 Å². The van der Waals surface area contributed by atoms with Crippen molar-refractivity contribution in [3.05, 3.63) is 35.6 Å². The van der Waals surface area contributed by atoms with Crippen LogP contribution in [0, 0.1) is 0 Å². The summed E-state index contributed by atoms with van der Waals surface area (Å²) in [6.07, 6.45) is 5.40. The van der Waals surface area contributed by atoms with E-state index in [0.717, 1.165) is 54.2 Å². The molecule has 118 valence electrons. The molecule has 0 saturated carbocycles. The van der Waals surface area contributed by atoms with Gasteiger partial charge in [0.25, 0.3) is 0 Å². The third-order valence-corrected chi connectivity index (χ3v) is 4.24. The van der Waals surface area contributed by atoms with Crippen molar-refractivity contribution in [2.45, 2.75) is 18.9 Å². The normalized spacial score (nSPS) is 15.9. The standard InChI is InChI=1S/C16H16ClN5O/c17-10-1-5-18-13(9-10)15-14-12(21-22-15)2-6-19-16(14)20-11-3-7-23-8-4-11/h1-2,5-6,9,11H,3-4,7-8H2,(H,19,20)(H,21,22). The summed E-state index contributed by atoms with van der Waals surface area (Å²) in [5.41, 5.74) is 2.41. The van der Waals surface area contributed by atoms with Gasteiger partial charge in [-0.2, -0.15) is 5.10 Å². The Labute approximate surface area is 138 Å². The topological polar surface area (TPSA) is 75.7 Å². The smallest absolute Gasteiger partial charge is 0.137 e. The highest BCUT2D eigenvalue weighted by Gasteiger charge is 2.19. The van der Waals surface area contributed by atoms with Gasteiger partial charge < -0.3 is 10.1 Å². The van der Waals surface area contributed by atoms with Gasteiger partial charge in [0.05, 0.1) is 16.6 Å². The molecule has 7 heteroatoms. The van der Waals surface area contributed by atoms with Crippen LogP contribution in [0.15, 0.2) is 30.6 Å². The van der Waals surface area contributed by atoms with Crippen molar-refractivity contribution in [2.75, 3.05) is 18.5 Å². The van der Waals surface area contributed by atoms with E-state index in [1.807, 2.05) is 12.1 Å². The molecule has 0 radical (unpaired) electrons. The van der Waals surface area contributed by atoms with Crippen LogP contribution in [0.4, 0.5) is 5.82 Å². The number of aromatic nitrogens is 4. The second-order valence-electron chi connectivity index (χ2n) is 5.54. The Morgan fingerprint density at radius 1 is 1.17 bits per heavy atom. The molecule has 23 heavy (non-hydrogen) atoms. The molecule has 1 saturated heterocycles. The number of ether oxygens (including phenoxy) is 1. The van der Waals surface area contributed by atoms with Gasteiger partial charge in [-0.3, -0.25) is 10.1 Å². The van der Waals surface area contributed by atoms with E-state index in [1.54, 1.807) is 18.5 Å². The predicted molar refractivity (Wildman–Crippen MR) is 89.6 cm³/mol. The molecule has 3 aromatic heterocycles. The van der Waals surface area contributed by atoms with Crippen LogP contribution in [0.25, 0.3) is 22.3 Å². The lowest BCUT2D eigenvalue weighted by Gasteiger charge is -2.23. The maximum Gasteiger partial charge on any atom is 0.137 e. The molecule has 3 aromatic rings. The number of aromatic amines is 1. The Morgan fingerprint density at radius 2 is 2.00 bits per heavy atom. The number of nitrogens with one attached hydrogen (secondary N) is 2. The van der Waals surface area contributed by atoms with Crippen LogP contribution in [0.2, 0.25) is 5.02 Å². The molecule has 0 bridgehead atoms. The number of rotatable bonds is 3. The van der Waals surface area contributed by atoms with Crippen molar-refractivity contribution in [3.8, 4) is 11.4 Å². The minimum absolute atomic E-state index is 0.358. The highest BCUT2D eigenvalue weighted by molar-refractivity contribution is 6.30. The fraction of sp³-hybridized carbons (Fsp3) is 0.312. The first-order chi connectivity index (χ1) is 11.3. The molecule has 1 fully saturated rings. The molecular weight excluding hydrogens is 314 g/mol. The van der Waals surface area contributed by atoms with Gasteiger partial charge in [0.15, 0.2) is 0 Å². The predicted octanol–water partition coefficient (Wildman–Crippen LogP) is 3.26. The minimum atomic E-state index is 0.358. The van der Waals surface area contributed by atoms with Gasteiger partial charge in [-0.25, -0.2) is 4.98 Å². The van der Waals surface area contributed by atoms with E-state index < -0.39 is 0 Å². The summed E-state index contributed by atoms with van der Waals surface area (Å²) in [5, 5.41) is 12.6. The monoisotopic (exact) mass is 329 g/mol. The molecule has 0 aromatic carbocycles.